The number of amides is 2. The highest BCUT2D eigenvalue weighted by Gasteiger charge is 2.30. The summed E-state index contributed by atoms with van der Waals surface area (Å²) in [5, 5.41) is 5.12. The summed E-state index contributed by atoms with van der Waals surface area (Å²) in [5.74, 6) is -0.302. The maximum absolute atomic E-state index is 13.0. The summed E-state index contributed by atoms with van der Waals surface area (Å²) in [5.41, 5.74) is 0.457. The van der Waals surface area contributed by atoms with Crippen LogP contribution in [0, 0.1) is 5.82 Å². The molecule has 2 rings (SSSR count). The van der Waals surface area contributed by atoms with Crippen LogP contribution in [0.5, 0.6) is 0 Å². The maximum Gasteiger partial charge on any atom is 0.416 e. The fraction of sp³-hybridized carbons (Fsp3) is 0.278. The molecule has 2 aromatic rings. The van der Waals surface area contributed by atoms with Gasteiger partial charge in [-0.05, 0) is 48.2 Å². The molecule has 0 bridgehead atoms. The first kappa shape index (κ1) is 18.8. The number of carbonyl (C=O) groups is 1. The smallest absolute Gasteiger partial charge is 0.338 e. The van der Waals surface area contributed by atoms with E-state index in [1.54, 1.807) is 12.1 Å². The first-order chi connectivity index (χ1) is 11.8. The van der Waals surface area contributed by atoms with E-state index < -0.39 is 17.8 Å². The van der Waals surface area contributed by atoms with E-state index in [1.807, 2.05) is 0 Å². The monoisotopic (exact) mass is 354 g/mol. The predicted octanol–water partition coefficient (Wildman–Crippen LogP) is 4.28. The van der Waals surface area contributed by atoms with Crippen LogP contribution in [0.3, 0.4) is 0 Å². The molecule has 0 aliphatic carbocycles. The van der Waals surface area contributed by atoms with Crippen LogP contribution in [0.4, 0.5) is 22.4 Å². The van der Waals surface area contributed by atoms with Gasteiger partial charge in [0.15, 0.2) is 0 Å². The van der Waals surface area contributed by atoms with Crippen LogP contribution in [-0.4, -0.2) is 12.6 Å². The quantitative estimate of drug-likeness (QED) is 0.590. The van der Waals surface area contributed by atoms with Gasteiger partial charge in [0.2, 0.25) is 0 Å². The van der Waals surface area contributed by atoms with Crippen LogP contribution in [0.1, 0.15) is 23.1 Å². The first-order valence-corrected chi connectivity index (χ1v) is 7.77. The third kappa shape index (κ3) is 6.45. The molecule has 0 aliphatic heterocycles. The van der Waals surface area contributed by atoms with Gasteiger partial charge in [0.1, 0.15) is 5.82 Å². The fourth-order valence-corrected chi connectivity index (χ4v) is 2.29. The third-order valence-electron chi connectivity index (χ3n) is 3.52. The molecule has 2 N–H and O–H groups in total. The molecule has 3 nitrogen and oxygen atoms in total. The molecule has 0 atom stereocenters. The largest absolute Gasteiger partial charge is 0.416 e. The van der Waals surface area contributed by atoms with Crippen molar-refractivity contribution in [3.8, 4) is 0 Å². The molecule has 0 saturated carbocycles. The Morgan fingerprint density at radius 1 is 0.960 bits per heavy atom. The molecule has 0 saturated heterocycles. The zero-order chi connectivity index (χ0) is 18.3. The standard InChI is InChI=1S/C18H18F4N2O/c19-16-8-2-4-13(11-16)6-3-9-23-17(25)24-12-14-5-1-7-15(10-14)18(20,21)22/h1-2,4-5,7-8,10-11H,3,6,9,12H2,(H2,23,24,25). The van der Waals surface area contributed by atoms with Gasteiger partial charge in [0.05, 0.1) is 5.56 Å². The summed E-state index contributed by atoms with van der Waals surface area (Å²) >= 11 is 0. The Balaban J connectivity index is 1.70. The third-order valence-corrected chi connectivity index (χ3v) is 3.52. The zero-order valence-corrected chi connectivity index (χ0v) is 13.4. The van der Waals surface area contributed by atoms with E-state index in [2.05, 4.69) is 10.6 Å². The minimum Gasteiger partial charge on any atom is -0.338 e. The number of hydrogen-bond acceptors (Lipinski definition) is 1. The van der Waals surface area contributed by atoms with Gasteiger partial charge in [-0.2, -0.15) is 13.2 Å². The number of urea groups is 1. The van der Waals surface area contributed by atoms with Gasteiger partial charge in [-0.1, -0.05) is 24.3 Å². The van der Waals surface area contributed by atoms with E-state index in [9.17, 15) is 22.4 Å². The molecular formula is C18H18F4N2O. The SMILES string of the molecule is O=C(NCCCc1cccc(F)c1)NCc1cccc(C(F)(F)F)c1. The highest BCUT2D eigenvalue weighted by atomic mass is 19.4. The van der Waals surface area contributed by atoms with Gasteiger partial charge in [0, 0.05) is 13.1 Å². The van der Waals surface area contributed by atoms with Crippen LogP contribution >= 0.6 is 0 Å². The van der Waals surface area contributed by atoms with Crippen molar-refractivity contribution in [2.75, 3.05) is 6.54 Å². The number of rotatable bonds is 6. The van der Waals surface area contributed by atoms with Crippen molar-refractivity contribution < 1.29 is 22.4 Å². The van der Waals surface area contributed by atoms with E-state index in [0.29, 0.717) is 24.9 Å². The summed E-state index contributed by atoms with van der Waals surface area (Å²) in [7, 11) is 0. The Hall–Kier alpha value is -2.57. The summed E-state index contributed by atoms with van der Waals surface area (Å²) in [6, 6.07) is 10.6. The molecule has 2 amide bonds. The normalized spacial score (nSPS) is 11.2. The van der Waals surface area contributed by atoms with Crippen molar-refractivity contribution in [3.05, 3.63) is 71.0 Å². The van der Waals surface area contributed by atoms with E-state index in [1.165, 1.54) is 24.3 Å². The van der Waals surface area contributed by atoms with Crippen LogP contribution in [0.2, 0.25) is 0 Å². The number of alkyl halides is 3. The molecule has 0 spiro atoms. The Kier molecular flexibility index (Phi) is 6.38. The van der Waals surface area contributed by atoms with Crippen LogP contribution in [-0.2, 0) is 19.1 Å². The number of nitrogens with one attached hydrogen (secondary N) is 2. The number of hydrogen-bond donors (Lipinski definition) is 2. The second-order valence-corrected chi connectivity index (χ2v) is 5.54. The van der Waals surface area contributed by atoms with Crippen molar-refractivity contribution in [1.82, 2.24) is 10.6 Å². The Bertz CT molecular complexity index is 716. The summed E-state index contributed by atoms with van der Waals surface area (Å²) in [6.45, 7) is 0.380. The van der Waals surface area contributed by atoms with Crippen molar-refractivity contribution in [3.63, 3.8) is 0 Å². The lowest BCUT2D eigenvalue weighted by molar-refractivity contribution is -0.137. The van der Waals surface area contributed by atoms with Gasteiger partial charge in [-0.3, -0.25) is 0 Å². The minimum atomic E-state index is -4.41. The molecule has 2 aromatic carbocycles. The lowest BCUT2D eigenvalue weighted by Crippen LogP contribution is -2.35. The average Bonchev–Trinajstić information content (AvgIpc) is 2.56. The van der Waals surface area contributed by atoms with Crippen molar-refractivity contribution >= 4 is 6.03 Å². The number of carbonyl (C=O) groups excluding carboxylic acids is 1. The highest BCUT2D eigenvalue weighted by molar-refractivity contribution is 5.73. The van der Waals surface area contributed by atoms with Gasteiger partial charge in [-0.25, -0.2) is 9.18 Å². The fourth-order valence-electron chi connectivity index (χ4n) is 2.29. The number of aryl methyl sites for hydroxylation is 1. The Morgan fingerprint density at radius 3 is 2.40 bits per heavy atom. The van der Waals surface area contributed by atoms with Crippen molar-refractivity contribution in [2.24, 2.45) is 0 Å². The summed E-state index contributed by atoms with van der Waals surface area (Å²) in [6.07, 6.45) is -3.17. The van der Waals surface area contributed by atoms with Crippen molar-refractivity contribution in [2.45, 2.75) is 25.6 Å². The molecule has 7 heteroatoms. The van der Waals surface area contributed by atoms with E-state index in [0.717, 1.165) is 17.7 Å². The molecular weight excluding hydrogens is 336 g/mol. The number of halogens is 4. The molecule has 0 unspecified atom stereocenters. The average molecular weight is 354 g/mol. The van der Waals surface area contributed by atoms with Gasteiger partial charge in [-0.15, -0.1) is 0 Å². The minimum absolute atomic E-state index is 0.000347. The first-order valence-electron chi connectivity index (χ1n) is 7.77. The molecule has 0 heterocycles. The second-order valence-electron chi connectivity index (χ2n) is 5.54. The topological polar surface area (TPSA) is 41.1 Å². The lowest BCUT2D eigenvalue weighted by atomic mass is 10.1. The highest BCUT2D eigenvalue weighted by Crippen LogP contribution is 2.29. The van der Waals surface area contributed by atoms with E-state index in [-0.39, 0.29) is 12.4 Å². The predicted molar refractivity (Wildman–Crippen MR) is 86.4 cm³/mol. The Morgan fingerprint density at radius 2 is 1.68 bits per heavy atom. The molecule has 0 fully saturated rings. The summed E-state index contributed by atoms with van der Waals surface area (Å²) < 4.78 is 50.9. The van der Waals surface area contributed by atoms with Gasteiger partial charge >= 0.3 is 12.2 Å². The molecule has 0 radical (unpaired) electrons. The second kappa shape index (κ2) is 8.50. The Labute approximate surface area is 143 Å². The van der Waals surface area contributed by atoms with Gasteiger partial charge in [0.25, 0.3) is 0 Å². The maximum atomic E-state index is 13.0. The van der Waals surface area contributed by atoms with Crippen LogP contribution in [0.25, 0.3) is 0 Å². The number of benzene rings is 2. The molecule has 25 heavy (non-hydrogen) atoms. The van der Waals surface area contributed by atoms with Gasteiger partial charge < -0.3 is 10.6 Å². The summed E-state index contributed by atoms with van der Waals surface area (Å²) in [4.78, 5) is 11.7. The molecule has 0 aromatic heterocycles. The van der Waals surface area contributed by atoms with Crippen LogP contribution < -0.4 is 10.6 Å². The van der Waals surface area contributed by atoms with E-state index in [4.69, 9.17) is 0 Å². The molecule has 0 aliphatic rings. The van der Waals surface area contributed by atoms with Crippen LogP contribution in [0.15, 0.2) is 48.5 Å². The molecule has 134 valence electrons. The van der Waals surface area contributed by atoms with Crippen molar-refractivity contribution in [1.29, 1.82) is 0 Å². The lowest BCUT2D eigenvalue weighted by Gasteiger charge is -2.10. The van der Waals surface area contributed by atoms with E-state index >= 15 is 0 Å². The zero-order valence-electron chi connectivity index (χ0n) is 13.4.